The summed E-state index contributed by atoms with van der Waals surface area (Å²) in [7, 11) is 1.70. The zero-order valence-electron chi connectivity index (χ0n) is 20.1. The molecular weight excluding hydrogens is 444 g/mol. The zero-order chi connectivity index (χ0) is 24.1. The Kier molecular flexibility index (Phi) is 7.78. The molecule has 0 aliphatic carbocycles. The van der Waals surface area contributed by atoms with Gasteiger partial charge in [0.05, 0.1) is 30.7 Å². The first kappa shape index (κ1) is 24.1. The molecule has 2 atom stereocenters. The van der Waals surface area contributed by atoms with E-state index in [0.717, 1.165) is 45.8 Å². The average Bonchev–Trinajstić information content (AvgIpc) is 3.06. The van der Waals surface area contributed by atoms with Gasteiger partial charge in [-0.1, -0.05) is 42.5 Å². The standard InChI is InChI=1S/C28H32N2O3S/c1-19-13-15-30(16-14-22(19)23-9-5-7-11-25(23)32-4)28(31)24-10-6-8-12-26(24)34-18-27-29-21(3)20(2)17-33-27/h5-12,17,21-22H,1,13-16,18H2,2-4H3. The van der Waals surface area contributed by atoms with Crippen LogP contribution < -0.4 is 4.74 Å². The molecule has 1 amide bonds. The molecule has 0 N–H and O–H groups in total. The molecule has 6 heteroatoms. The fraction of sp³-hybridized carbons (Fsp3) is 0.357. The number of carbonyl (C=O) groups is 1. The highest BCUT2D eigenvalue weighted by molar-refractivity contribution is 8.00. The van der Waals surface area contributed by atoms with E-state index in [1.165, 1.54) is 0 Å². The summed E-state index contributed by atoms with van der Waals surface area (Å²) in [5, 5.41) is 0. The van der Waals surface area contributed by atoms with Crippen molar-refractivity contribution in [3.05, 3.63) is 83.6 Å². The molecule has 0 bridgehead atoms. The minimum atomic E-state index is 0.0622. The maximum Gasteiger partial charge on any atom is 0.254 e. The van der Waals surface area contributed by atoms with Gasteiger partial charge in [-0.3, -0.25) is 4.79 Å². The summed E-state index contributed by atoms with van der Waals surface area (Å²) >= 11 is 1.59. The summed E-state index contributed by atoms with van der Waals surface area (Å²) in [6.45, 7) is 9.77. The number of carbonyl (C=O) groups excluding carboxylic acids is 1. The van der Waals surface area contributed by atoms with E-state index in [2.05, 4.69) is 24.6 Å². The van der Waals surface area contributed by atoms with Crippen LogP contribution in [-0.2, 0) is 4.74 Å². The Labute approximate surface area is 206 Å². The van der Waals surface area contributed by atoms with E-state index < -0.39 is 0 Å². The topological polar surface area (TPSA) is 51.1 Å². The third-order valence-electron chi connectivity index (χ3n) is 6.53. The van der Waals surface area contributed by atoms with Crippen molar-refractivity contribution in [1.82, 2.24) is 4.90 Å². The molecule has 1 fully saturated rings. The van der Waals surface area contributed by atoms with Crippen molar-refractivity contribution >= 4 is 23.6 Å². The van der Waals surface area contributed by atoms with Crippen LogP contribution in [0.3, 0.4) is 0 Å². The van der Waals surface area contributed by atoms with Crippen molar-refractivity contribution in [1.29, 1.82) is 0 Å². The van der Waals surface area contributed by atoms with Crippen molar-refractivity contribution in [3.63, 3.8) is 0 Å². The van der Waals surface area contributed by atoms with Gasteiger partial charge in [0, 0.05) is 29.5 Å². The number of methoxy groups -OCH3 is 1. The molecule has 2 heterocycles. The molecule has 4 rings (SSSR count). The van der Waals surface area contributed by atoms with Crippen molar-refractivity contribution in [3.8, 4) is 5.75 Å². The normalized spacial score (nSPS) is 20.7. The molecule has 0 saturated carbocycles. The number of aliphatic imine (C=N–C) groups is 1. The van der Waals surface area contributed by atoms with Gasteiger partial charge in [0.15, 0.2) is 5.90 Å². The number of ether oxygens (including phenoxy) is 2. The van der Waals surface area contributed by atoms with Crippen LogP contribution in [0.2, 0.25) is 0 Å². The molecule has 2 unspecified atom stereocenters. The highest BCUT2D eigenvalue weighted by Crippen LogP contribution is 2.37. The van der Waals surface area contributed by atoms with Crippen LogP contribution in [-0.4, -0.2) is 48.7 Å². The summed E-state index contributed by atoms with van der Waals surface area (Å²) in [5.74, 6) is 2.40. The number of hydrogen-bond donors (Lipinski definition) is 0. The molecule has 2 aromatic carbocycles. The number of para-hydroxylation sites is 1. The second-order valence-corrected chi connectivity index (χ2v) is 9.76. The lowest BCUT2D eigenvalue weighted by atomic mass is 9.88. The number of likely N-dealkylation sites (tertiary alicyclic amines) is 1. The fourth-order valence-electron chi connectivity index (χ4n) is 4.34. The van der Waals surface area contributed by atoms with E-state index in [0.29, 0.717) is 24.7 Å². The SMILES string of the molecule is C=C1CCN(C(=O)c2ccccc2SCC2=NC(C)C(C)=CO2)CCC1c1ccccc1OC. The molecule has 0 spiro atoms. The monoisotopic (exact) mass is 476 g/mol. The molecule has 5 nitrogen and oxygen atoms in total. The quantitative estimate of drug-likeness (QED) is 0.374. The molecule has 2 aliphatic heterocycles. The van der Waals surface area contributed by atoms with Gasteiger partial charge in [-0.15, -0.1) is 11.8 Å². The zero-order valence-corrected chi connectivity index (χ0v) is 20.9. The van der Waals surface area contributed by atoms with Gasteiger partial charge in [0.1, 0.15) is 5.75 Å². The van der Waals surface area contributed by atoms with Crippen LogP contribution in [0.15, 0.2) is 82.4 Å². The first-order valence-corrected chi connectivity index (χ1v) is 12.7. The van der Waals surface area contributed by atoms with E-state index in [9.17, 15) is 4.79 Å². The second kappa shape index (κ2) is 11.0. The maximum absolute atomic E-state index is 13.6. The van der Waals surface area contributed by atoms with Crippen molar-refractivity contribution in [2.24, 2.45) is 4.99 Å². The Hall–Kier alpha value is -2.99. The van der Waals surface area contributed by atoms with E-state index in [4.69, 9.17) is 9.47 Å². The number of hydrogen-bond acceptors (Lipinski definition) is 5. The van der Waals surface area contributed by atoms with Crippen molar-refractivity contribution in [2.75, 3.05) is 26.0 Å². The highest BCUT2D eigenvalue weighted by Gasteiger charge is 2.27. The van der Waals surface area contributed by atoms with Gasteiger partial charge in [0.2, 0.25) is 0 Å². The number of amides is 1. The smallest absolute Gasteiger partial charge is 0.254 e. The minimum absolute atomic E-state index is 0.0622. The Balaban J connectivity index is 1.46. The minimum Gasteiger partial charge on any atom is -0.496 e. The Bertz CT molecular complexity index is 1120. The van der Waals surface area contributed by atoms with Crippen LogP contribution in [0.5, 0.6) is 5.75 Å². The van der Waals surface area contributed by atoms with Gasteiger partial charge < -0.3 is 14.4 Å². The Morgan fingerprint density at radius 3 is 2.76 bits per heavy atom. The summed E-state index contributed by atoms with van der Waals surface area (Å²) in [4.78, 5) is 21.1. The van der Waals surface area contributed by atoms with Crippen LogP contribution in [0.25, 0.3) is 0 Å². The summed E-state index contributed by atoms with van der Waals surface area (Å²) in [6.07, 6.45) is 3.37. The van der Waals surface area contributed by atoms with Crippen LogP contribution in [0, 0.1) is 0 Å². The Morgan fingerprint density at radius 1 is 1.21 bits per heavy atom. The molecule has 2 aromatic rings. The summed E-state index contributed by atoms with van der Waals surface area (Å²) in [6, 6.07) is 16.0. The molecule has 0 radical (unpaired) electrons. The molecule has 1 saturated heterocycles. The largest absolute Gasteiger partial charge is 0.496 e. The third kappa shape index (κ3) is 5.39. The second-order valence-electron chi connectivity index (χ2n) is 8.75. The lowest BCUT2D eigenvalue weighted by Gasteiger charge is -2.22. The van der Waals surface area contributed by atoms with Gasteiger partial charge in [-0.05, 0) is 50.5 Å². The van der Waals surface area contributed by atoms with E-state index in [1.807, 2.05) is 54.3 Å². The maximum atomic E-state index is 13.6. The summed E-state index contributed by atoms with van der Waals surface area (Å²) in [5.41, 5.74) is 4.13. The predicted octanol–water partition coefficient (Wildman–Crippen LogP) is 6.08. The molecule has 34 heavy (non-hydrogen) atoms. The van der Waals surface area contributed by atoms with Gasteiger partial charge in [-0.2, -0.15) is 0 Å². The highest BCUT2D eigenvalue weighted by atomic mass is 32.2. The molecule has 0 aromatic heterocycles. The van der Waals surface area contributed by atoms with E-state index in [-0.39, 0.29) is 17.9 Å². The fourth-order valence-corrected chi connectivity index (χ4v) is 5.25. The lowest BCUT2D eigenvalue weighted by Crippen LogP contribution is -2.32. The van der Waals surface area contributed by atoms with E-state index >= 15 is 0 Å². The van der Waals surface area contributed by atoms with E-state index in [1.54, 1.807) is 25.1 Å². The number of benzene rings is 2. The van der Waals surface area contributed by atoms with Gasteiger partial charge in [0.25, 0.3) is 5.91 Å². The Morgan fingerprint density at radius 2 is 1.97 bits per heavy atom. The van der Waals surface area contributed by atoms with Crippen LogP contribution in [0.1, 0.15) is 48.5 Å². The van der Waals surface area contributed by atoms with Crippen LogP contribution in [0.4, 0.5) is 0 Å². The molecule has 2 aliphatic rings. The third-order valence-corrected chi connectivity index (χ3v) is 7.59. The van der Waals surface area contributed by atoms with Crippen molar-refractivity contribution in [2.45, 2.75) is 43.5 Å². The first-order chi connectivity index (χ1) is 16.5. The first-order valence-electron chi connectivity index (χ1n) is 11.7. The van der Waals surface area contributed by atoms with Gasteiger partial charge in [-0.25, -0.2) is 4.99 Å². The molecular formula is C28H32N2O3S. The predicted molar refractivity (Wildman–Crippen MR) is 139 cm³/mol. The van der Waals surface area contributed by atoms with Gasteiger partial charge >= 0.3 is 0 Å². The van der Waals surface area contributed by atoms with Crippen molar-refractivity contribution < 1.29 is 14.3 Å². The number of rotatable bonds is 6. The number of thioether (sulfide) groups is 1. The van der Waals surface area contributed by atoms with Crippen LogP contribution >= 0.6 is 11.8 Å². The molecule has 178 valence electrons. The average molecular weight is 477 g/mol. The summed E-state index contributed by atoms with van der Waals surface area (Å²) < 4.78 is 11.2. The number of nitrogens with zero attached hydrogens (tertiary/aromatic N) is 2. The lowest BCUT2D eigenvalue weighted by molar-refractivity contribution is 0.0758.